The van der Waals surface area contributed by atoms with Crippen molar-refractivity contribution in [3.05, 3.63) is 33.9 Å². The van der Waals surface area contributed by atoms with Gasteiger partial charge in [0, 0.05) is 12.1 Å². The Bertz CT molecular complexity index is 518. The van der Waals surface area contributed by atoms with Gasteiger partial charge < -0.3 is 10.7 Å². The van der Waals surface area contributed by atoms with E-state index in [0.717, 1.165) is 12.8 Å². The molecule has 2 atom stereocenters. The van der Waals surface area contributed by atoms with Gasteiger partial charge in [-0.3, -0.25) is 20.8 Å². The molecule has 1 amide bonds. The Kier molecular flexibility index (Phi) is 3.66. The van der Waals surface area contributed by atoms with Crippen LogP contribution in [0.5, 0.6) is 0 Å². The SMILES string of the molecule is CCC1CC1NC(=O)c1cccc([N+](=O)[O-])c1NN. The van der Waals surface area contributed by atoms with Crippen molar-refractivity contribution in [2.75, 3.05) is 5.43 Å². The molecule has 0 bridgehead atoms. The first kappa shape index (κ1) is 13.3. The molecule has 0 heterocycles. The summed E-state index contributed by atoms with van der Waals surface area (Å²) < 4.78 is 0. The van der Waals surface area contributed by atoms with E-state index in [2.05, 4.69) is 17.7 Å². The molecule has 7 heteroatoms. The third-order valence-corrected chi connectivity index (χ3v) is 3.39. The lowest BCUT2D eigenvalue weighted by Crippen LogP contribution is -2.28. The van der Waals surface area contributed by atoms with Crippen molar-refractivity contribution in [1.29, 1.82) is 0 Å². The summed E-state index contributed by atoms with van der Waals surface area (Å²) in [5, 5.41) is 13.7. The smallest absolute Gasteiger partial charge is 0.294 e. The molecule has 2 unspecified atom stereocenters. The molecule has 1 aliphatic rings. The van der Waals surface area contributed by atoms with Gasteiger partial charge in [0.05, 0.1) is 10.5 Å². The third-order valence-electron chi connectivity index (χ3n) is 3.39. The molecule has 19 heavy (non-hydrogen) atoms. The number of carbonyl (C=O) groups excluding carboxylic acids is 1. The highest BCUT2D eigenvalue weighted by Crippen LogP contribution is 2.34. The Morgan fingerprint density at radius 2 is 2.32 bits per heavy atom. The molecule has 1 aromatic carbocycles. The van der Waals surface area contributed by atoms with Gasteiger partial charge >= 0.3 is 0 Å². The summed E-state index contributed by atoms with van der Waals surface area (Å²) in [6, 6.07) is 4.46. The van der Waals surface area contributed by atoms with Crippen LogP contribution in [-0.4, -0.2) is 16.9 Å². The molecule has 0 aromatic heterocycles. The lowest BCUT2D eigenvalue weighted by Gasteiger charge is -2.09. The molecule has 1 fully saturated rings. The number of nitrogens with zero attached hydrogens (tertiary/aromatic N) is 1. The lowest BCUT2D eigenvalue weighted by atomic mass is 10.1. The van der Waals surface area contributed by atoms with Gasteiger partial charge in [0.2, 0.25) is 0 Å². The Hall–Kier alpha value is -2.15. The Morgan fingerprint density at radius 3 is 2.84 bits per heavy atom. The number of anilines is 1. The highest BCUT2D eigenvalue weighted by Gasteiger charge is 2.37. The Morgan fingerprint density at radius 1 is 1.58 bits per heavy atom. The number of carbonyl (C=O) groups is 1. The van der Waals surface area contributed by atoms with Crippen molar-refractivity contribution in [3.8, 4) is 0 Å². The van der Waals surface area contributed by atoms with Crippen LogP contribution in [0.25, 0.3) is 0 Å². The second-order valence-corrected chi connectivity index (χ2v) is 4.59. The first-order chi connectivity index (χ1) is 9.08. The van der Waals surface area contributed by atoms with Crippen LogP contribution in [0, 0.1) is 16.0 Å². The molecule has 1 saturated carbocycles. The van der Waals surface area contributed by atoms with Crippen LogP contribution in [-0.2, 0) is 0 Å². The van der Waals surface area contributed by atoms with E-state index in [1.165, 1.54) is 18.2 Å². The van der Waals surface area contributed by atoms with Crippen LogP contribution in [0.3, 0.4) is 0 Å². The Balaban J connectivity index is 2.21. The first-order valence-electron chi connectivity index (χ1n) is 6.13. The minimum absolute atomic E-state index is 0.0405. The van der Waals surface area contributed by atoms with Crippen LogP contribution in [0.4, 0.5) is 11.4 Å². The van der Waals surface area contributed by atoms with Crippen molar-refractivity contribution < 1.29 is 9.72 Å². The van der Waals surface area contributed by atoms with Crippen molar-refractivity contribution >= 4 is 17.3 Å². The maximum atomic E-state index is 12.1. The molecular weight excluding hydrogens is 248 g/mol. The lowest BCUT2D eigenvalue weighted by molar-refractivity contribution is -0.384. The summed E-state index contributed by atoms with van der Waals surface area (Å²) in [5.74, 6) is 5.47. The monoisotopic (exact) mass is 264 g/mol. The minimum Gasteiger partial charge on any atom is -0.349 e. The summed E-state index contributed by atoms with van der Waals surface area (Å²) >= 11 is 0. The first-order valence-corrected chi connectivity index (χ1v) is 6.13. The van der Waals surface area contributed by atoms with Crippen LogP contribution >= 0.6 is 0 Å². The maximum Gasteiger partial charge on any atom is 0.294 e. The zero-order valence-electron chi connectivity index (χ0n) is 10.6. The number of nitro benzene ring substituents is 1. The molecule has 0 aliphatic heterocycles. The normalized spacial score (nSPS) is 20.7. The van der Waals surface area contributed by atoms with E-state index in [1.807, 2.05) is 0 Å². The minimum atomic E-state index is -0.571. The van der Waals surface area contributed by atoms with Crippen molar-refractivity contribution in [3.63, 3.8) is 0 Å². The molecule has 7 nitrogen and oxygen atoms in total. The van der Waals surface area contributed by atoms with Crippen molar-refractivity contribution in [1.82, 2.24) is 5.32 Å². The van der Waals surface area contributed by atoms with Crippen LogP contribution in [0.1, 0.15) is 30.1 Å². The number of rotatable bonds is 5. The molecule has 0 saturated heterocycles. The Labute approximate surface area is 110 Å². The average molecular weight is 264 g/mol. The van der Waals surface area contributed by atoms with Gasteiger partial charge in [-0.2, -0.15) is 0 Å². The van der Waals surface area contributed by atoms with Crippen LogP contribution in [0.15, 0.2) is 18.2 Å². The van der Waals surface area contributed by atoms with E-state index in [-0.39, 0.29) is 28.9 Å². The van der Waals surface area contributed by atoms with E-state index >= 15 is 0 Å². The highest BCUT2D eigenvalue weighted by atomic mass is 16.6. The highest BCUT2D eigenvalue weighted by molar-refractivity contribution is 6.01. The average Bonchev–Trinajstić information content (AvgIpc) is 3.15. The van der Waals surface area contributed by atoms with E-state index in [4.69, 9.17) is 5.84 Å². The summed E-state index contributed by atoms with van der Waals surface area (Å²) in [6.07, 6.45) is 1.98. The van der Waals surface area contributed by atoms with Gasteiger partial charge in [-0.1, -0.05) is 19.4 Å². The van der Waals surface area contributed by atoms with E-state index in [1.54, 1.807) is 0 Å². The fourth-order valence-electron chi connectivity index (χ4n) is 2.15. The molecule has 1 aromatic rings. The predicted octanol–water partition coefficient (Wildman–Crippen LogP) is 1.41. The number of nitro groups is 1. The predicted molar refractivity (Wildman–Crippen MR) is 70.6 cm³/mol. The quantitative estimate of drug-likeness (QED) is 0.423. The van der Waals surface area contributed by atoms with E-state index in [9.17, 15) is 14.9 Å². The molecule has 1 aliphatic carbocycles. The third kappa shape index (κ3) is 2.65. The summed E-state index contributed by atoms with van der Waals surface area (Å²) in [5.41, 5.74) is 2.27. The summed E-state index contributed by atoms with van der Waals surface area (Å²) in [6.45, 7) is 2.07. The van der Waals surface area contributed by atoms with Gasteiger partial charge in [-0.25, -0.2) is 0 Å². The topological polar surface area (TPSA) is 110 Å². The fraction of sp³-hybridized carbons (Fsp3) is 0.417. The summed E-state index contributed by atoms with van der Waals surface area (Å²) in [7, 11) is 0. The molecule has 102 valence electrons. The zero-order valence-corrected chi connectivity index (χ0v) is 10.6. The van der Waals surface area contributed by atoms with E-state index < -0.39 is 4.92 Å². The standard InChI is InChI=1S/C12H16N4O3/c1-2-7-6-9(7)14-12(17)8-4-3-5-10(16(18)19)11(8)15-13/h3-5,7,9,15H,2,6,13H2,1H3,(H,14,17). The number of nitrogen functional groups attached to an aromatic ring is 1. The fourth-order valence-corrected chi connectivity index (χ4v) is 2.15. The zero-order chi connectivity index (χ0) is 14.0. The van der Waals surface area contributed by atoms with E-state index in [0.29, 0.717) is 5.92 Å². The van der Waals surface area contributed by atoms with Crippen LogP contribution < -0.4 is 16.6 Å². The number of hydrogen-bond donors (Lipinski definition) is 3. The van der Waals surface area contributed by atoms with Gasteiger partial charge in [0.15, 0.2) is 0 Å². The largest absolute Gasteiger partial charge is 0.349 e. The molecule has 2 rings (SSSR count). The maximum absolute atomic E-state index is 12.1. The van der Waals surface area contributed by atoms with Crippen molar-refractivity contribution in [2.24, 2.45) is 11.8 Å². The number of benzene rings is 1. The molecule has 0 radical (unpaired) electrons. The van der Waals surface area contributed by atoms with Crippen molar-refractivity contribution in [2.45, 2.75) is 25.8 Å². The molecule has 4 N–H and O–H groups in total. The number of para-hydroxylation sites is 1. The molecular formula is C12H16N4O3. The number of nitrogens with one attached hydrogen (secondary N) is 2. The van der Waals surface area contributed by atoms with Gasteiger partial charge in [-0.05, 0) is 18.4 Å². The second-order valence-electron chi connectivity index (χ2n) is 4.59. The van der Waals surface area contributed by atoms with Crippen LogP contribution in [0.2, 0.25) is 0 Å². The summed E-state index contributed by atoms with van der Waals surface area (Å²) in [4.78, 5) is 22.4. The number of hydrazine groups is 1. The number of hydrogen-bond acceptors (Lipinski definition) is 5. The second kappa shape index (κ2) is 5.23. The number of nitrogens with two attached hydrogens (primary N) is 1. The van der Waals surface area contributed by atoms with Gasteiger partial charge in [0.25, 0.3) is 11.6 Å². The van der Waals surface area contributed by atoms with Gasteiger partial charge in [-0.15, -0.1) is 0 Å². The van der Waals surface area contributed by atoms with Gasteiger partial charge in [0.1, 0.15) is 5.69 Å². The number of amides is 1. The molecule has 0 spiro atoms.